The molecule has 1 aromatic carbocycles. The van der Waals surface area contributed by atoms with Crippen molar-refractivity contribution in [3.63, 3.8) is 0 Å². The fraction of sp³-hybridized carbons (Fsp3) is 0.188. The Labute approximate surface area is 142 Å². The summed E-state index contributed by atoms with van der Waals surface area (Å²) < 4.78 is 6.09. The molecule has 2 aliphatic rings. The number of amides is 1. The Balaban J connectivity index is 1.90. The molecule has 0 aliphatic carbocycles. The van der Waals surface area contributed by atoms with E-state index in [1.807, 2.05) is 37.3 Å². The van der Waals surface area contributed by atoms with Gasteiger partial charge in [-0.3, -0.25) is 14.5 Å². The standard InChI is InChI=1S/C16H13NO4S2/c1-9-11(6-10-4-2-3-5-12(10)21-9)7-13-15(20)17(8-14(18)19)16(22)23-13/h2-7,9H,8H2,1H3,(H,18,19). The molecule has 1 aromatic rings. The predicted octanol–water partition coefficient (Wildman–Crippen LogP) is 2.68. The molecule has 0 bridgehead atoms. The van der Waals surface area contributed by atoms with Crippen molar-refractivity contribution in [3.05, 3.63) is 46.4 Å². The van der Waals surface area contributed by atoms with Crippen molar-refractivity contribution in [2.75, 3.05) is 6.54 Å². The lowest BCUT2D eigenvalue weighted by atomic mass is 10.0. The summed E-state index contributed by atoms with van der Waals surface area (Å²) in [6, 6.07) is 7.65. The van der Waals surface area contributed by atoms with Gasteiger partial charge in [-0.2, -0.15) is 0 Å². The Kier molecular flexibility index (Phi) is 4.23. The number of para-hydroxylation sites is 1. The molecule has 0 saturated carbocycles. The van der Waals surface area contributed by atoms with Crippen LogP contribution in [0.3, 0.4) is 0 Å². The molecule has 7 heteroatoms. The molecule has 1 unspecified atom stereocenters. The van der Waals surface area contributed by atoms with Crippen LogP contribution in [0.2, 0.25) is 0 Å². The minimum Gasteiger partial charge on any atom is -0.485 e. The zero-order chi connectivity index (χ0) is 16.6. The molecule has 0 aromatic heterocycles. The number of carbonyl (C=O) groups excluding carboxylic acids is 1. The number of thioether (sulfide) groups is 1. The van der Waals surface area contributed by atoms with Gasteiger partial charge in [-0.05, 0) is 30.7 Å². The zero-order valence-corrected chi connectivity index (χ0v) is 13.8. The monoisotopic (exact) mass is 347 g/mol. The highest BCUT2D eigenvalue weighted by atomic mass is 32.2. The smallest absolute Gasteiger partial charge is 0.323 e. The maximum absolute atomic E-state index is 12.3. The van der Waals surface area contributed by atoms with Crippen LogP contribution in [-0.4, -0.2) is 38.9 Å². The average molecular weight is 347 g/mol. The number of carboxylic acid groups (broad SMARTS) is 1. The number of carboxylic acids is 1. The van der Waals surface area contributed by atoms with E-state index in [0.29, 0.717) is 4.91 Å². The molecule has 0 radical (unpaired) electrons. The summed E-state index contributed by atoms with van der Waals surface area (Å²) in [6.45, 7) is 1.48. The molecule has 2 aliphatic heterocycles. The Morgan fingerprint density at radius 2 is 2.22 bits per heavy atom. The van der Waals surface area contributed by atoms with Crippen LogP contribution in [0.15, 0.2) is 40.8 Å². The van der Waals surface area contributed by atoms with Crippen molar-refractivity contribution in [2.24, 2.45) is 0 Å². The second-order valence-corrected chi connectivity index (χ2v) is 6.78. The van der Waals surface area contributed by atoms with E-state index >= 15 is 0 Å². The molecule has 118 valence electrons. The molecule has 2 heterocycles. The minimum absolute atomic E-state index is 0.201. The first-order chi connectivity index (χ1) is 11.0. The van der Waals surface area contributed by atoms with E-state index in [1.54, 1.807) is 6.08 Å². The Morgan fingerprint density at radius 1 is 1.48 bits per heavy atom. The van der Waals surface area contributed by atoms with Crippen LogP contribution in [0.5, 0.6) is 5.75 Å². The molecule has 5 nitrogen and oxygen atoms in total. The second-order valence-electron chi connectivity index (χ2n) is 5.10. The summed E-state index contributed by atoms with van der Waals surface area (Å²) in [6.07, 6.45) is 3.49. The largest absolute Gasteiger partial charge is 0.485 e. The van der Waals surface area contributed by atoms with Gasteiger partial charge in [0.1, 0.15) is 22.7 Å². The number of aliphatic carboxylic acids is 1. The Bertz CT molecular complexity index is 769. The first-order valence-electron chi connectivity index (χ1n) is 6.90. The zero-order valence-electron chi connectivity index (χ0n) is 12.2. The number of nitrogens with zero attached hydrogens (tertiary/aromatic N) is 1. The summed E-state index contributed by atoms with van der Waals surface area (Å²) in [7, 11) is 0. The minimum atomic E-state index is -1.09. The number of thiocarbonyl (C=S) groups is 1. The molecule has 1 atom stereocenters. The van der Waals surface area contributed by atoms with Crippen LogP contribution < -0.4 is 4.74 Å². The highest BCUT2D eigenvalue weighted by Crippen LogP contribution is 2.35. The van der Waals surface area contributed by atoms with Crippen LogP contribution in [-0.2, 0) is 9.59 Å². The number of fused-ring (bicyclic) bond motifs is 1. The van der Waals surface area contributed by atoms with Crippen molar-refractivity contribution < 1.29 is 19.4 Å². The van der Waals surface area contributed by atoms with E-state index in [0.717, 1.165) is 33.5 Å². The number of carbonyl (C=O) groups is 2. The Hall–Kier alpha value is -2.12. The van der Waals surface area contributed by atoms with Gasteiger partial charge in [-0.1, -0.05) is 42.2 Å². The molecular formula is C16H13NO4S2. The number of rotatable bonds is 3. The lowest BCUT2D eigenvalue weighted by Crippen LogP contribution is -2.33. The van der Waals surface area contributed by atoms with Gasteiger partial charge in [0.25, 0.3) is 5.91 Å². The molecule has 1 N–H and O–H groups in total. The lowest BCUT2D eigenvalue weighted by molar-refractivity contribution is -0.140. The van der Waals surface area contributed by atoms with E-state index in [1.165, 1.54) is 0 Å². The highest BCUT2D eigenvalue weighted by Gasteiger charge is 2.34. The molecular weight excluding hydrogens is 334 g/mol. The summed E-state index contributed by atoms with van der Waals surface area (Å²) in [5, 5.41) is 8.85. The van der Waals surface area contributed by atoms with E-state index in [4.69, 9.17) is 22.1 Å². The van der Waals surface area contributed by atoms with Gasteiger partial charge >= 0.3 is 5.97 Å². The lowest BCUT2D eigenvalue weighted by Gasteiger charge is -2.23. The molecule has 0 spiro atoms. The van der Waals surface area contributed by atoms with Gasteiger partial charge in [0.2, 0.25) is 0 Å². The molecule has 3 rings (SSSR count). The number of hydrogen-bond acceptors (Lipinski definition) is 5. The fourth-order valence-electron chi connectivity index (χ4n) is 2.34. The third-order valence-electron chi connectivity index (χ3n) is 3.48. The molecule has 23 heavy (non-hydrogen) atoms. The maximum atomic E-state index is 12.3. The van der Waals surface area contributed by atoms with Gasteiger partial charge in [-0.15, -0.1) is 0 Å². The van der Waals surface area contributed by atoms with Crippen molar-refractivity contribution in [1.82, 2.24) is 4.90 Å². The first-order valence-corrected chi connectivity index (χ1v) is 8.12. The van der Waals surface area contributed by atoms with Crippen LogP contribution in [0.25, 0.3) is 6.08 Å². The van der Waals surface area contributed by atoms with E-state index in [-0.39, 0.29) is 16.3 Å². The predicted molar refractivity (Wildman–Crippen MR) is 92.1 cm³/mol. The average Bonchev–Trinajstić information content (AvgIpc) is 2.75. The van der Waals surface area contributed by atoms with Crippen molar-refractivity contribution in [2.45, 2.75) is 13.0 Å². The summed E-state index contributed by atoms with van der Waals surface area (Å²) in [4.78, 5) is 24.6. The fourth-order valence-corrected chi connectivity index (χ4v) is 3.60. The van der Waals surface area contributed by atoms with E-state index in [2.05, 4.69) is 0 Å². The van der Waals surface area contributed by atoms with E-state index < -0.39 is 12.5 Å². The SMILES string of the molecule is CC1Oc2ccccc2C=C1C=C1SC(=S)N(CC(=O)O)C1=O. The normalized spacial score (nSPS) is 22.0. The topological polar surface area (TPSA) is 66.8 Å². The number of benzene rings is 1. The third kappa shape index (κ3) is 3.16. The van der Waals surface area contributed by atoms with Gasteiger partial charge in [0.15, 0.2) is 0 Å². The van der Waals surface area contributed by atoms with E-state index in [9.17, 15) is 9.59 Å². The quantitative estimate of drug-likeness (QED) is 0.670. The second kappa shape index (κ2) is 6.17. The van der Waals surface area contributed by atoms with Crippen molar-refractivity contribution in [3.8, 4) is 5.75 Å². The summed E-state index contributed by atoms with van der Waals surface area (Å²) >= 11 is 6.20. The molecule has 1 fully saturated rings. The number of ether oxygens (including phenoxy) is 1. The van der Waals surface area contributed by atoms with Crippen molar-refractivity contribution in [1.29, 1.82) is 0 Å². The van der Waals surface area contributed by atoms with Crippen LogP contribution in [0.1, 0.15) is 12.5 Å². The summed E-state index contributed by atoms with van der Waals surface area (Å²) in [5.41, 5.74) is 1.79. The van der Waals surface area contributed by atoms with Gasteiger partial charge < -0.3 is 9.84 Å². The van der Waals surface area contributed by atoms with Crippen molar-refractivity contribution >= 4 is 46.3 Å². The van der Waals surface area contributed by atoms with Crippen LogP contribution >= 0.6 is 24.0 Å². The molecule has 1 amide bonds. The van der Waals surface area contributed by atoms with Crippen LogP contribution in [0, 0.1) is 0 Å². The van der Waals surface area contributed by atoms with Gasteiger partial charge in [-0.25, -0.2) is 0 Å². The molecule has 1 saturated heterocycles. The maximum Gasteiger partial charge on any atom is 0.323 e. The Morgan fingerprint density at radius 3 is 2.96 bits per heavy atom. The summed E-state index contributed by atoms with van der Waals surface area (Å²) in [5.74, 6) is -0.671. The third-order valence-corrected chi connectivity index (χ3v) is 4.86. The van der Waals surface area contributed by atoms with Gasteiger partial charge in [0, 0.05) is 5.56 Å². The van der Waals surface area contributed by atoms with Gasteiger partial charge in [0.05, 0.1) is 4.91 Å². The number of hydrogen-bond donors (Lipinski definition) is 1. The first kappa shape index (κ1) is 15.8. The highest BCUT2D eigenvalue weighted by molar-refractivity contribution is 8.26. The van der Waals surface area contributed by atoms with Crippen LogP contribution in [0.4, 0.5) is 0 Å².